The second-order valence-corrected chi connectivity index (χ2v) is 4.88. The van der Waals surface area contributed by atoms with Crippen LogP contribution in [0.5, 0.6) is 0 Å². The van der Waals surface area contributed by atoms with Gasteiger partial charge in [-0.25, -0.2) is 15.0 Å². The first-order valence-corrected chi connectivity index (χ1v) is 6.96. The smallest absolute Gasteiger partial charge is 0.136 e. The lowest BCUT2D eigenvalue weighted by Crippen LogP contribution is -1.95. The van der Waals surface area contributed by atoms with Crippen LogP contribution in [0.15, 0.2) is 73.4 Å². The molecule has 0 aliphatic heterocycles. The van der Waals surface area contributed by atoms with Crippen molar-refractivity contribution in [3.05, 3.63) is 73.4 Å². The lowest BCUT2D eigenvalue weighted by molar-refractivity contribution is 1.19. The maximum atomic E-state index is 4.34. The number of anilines is 2. The maximum absolute atomic E-state index is 4.34. The van der Waals surface area contributed by atoms with E-state index in [1.54, 1.807) is 18.6 Å². The number of imidazole rings is 1. The van der Waals surface area contributed by atoms with Gasteiger partial charge in [-0.05, 0) is 47.5 Å². The van der Waals surface area contributed by atoms with E-state index in [0.717, 1.165) is 28.4 Å². The SMILES string of the molecule is c1ccc(Nc2cc(-c3ccc4nccn4c3)ccn2)nc1. The van der Waals surface area contributed by atoms with Crippen LogP contribution in [0.3, 0.4) is 0 Å². The highest BCUT2D eigenvalue weighted by Gasteiger charge is 2.03. The normalized spacial score (nSPS) is 10.7. The first kappa shape index (κ1) is 12.5. The fourth-order valence-electron chi connectivity index (χ4n) is 2.34. The summed E-state index contributed by atoms with van der Waals surface area (Å²) in [5.41, 5.74) is 3.13. The molecule has 0 saturated heterocycles. The third-order valence-electron chi connectivity index (χ3n) is 3.40. The largest absolute Gasteiger partial charge is 0.325 e. The summed E-state index contributed by atoms with van der Waals surface area (Å²) in [5.74, 6) is 1.54. The van der Waals surface area contributed by atoms with Gasteiger partial charge < -0.3 is 9.72 Å². The molecule has 0 atom stereocenters. The third-order valence-corrected chi connectivity index (χ3v) is 3.40. The van der Waals surface area contributed by atoms with E-state index in [1.807, 2.05) is 47.0 Å². The molecule has 4 heterocycles. The van der Waals surface area contributed by atoms with Crippen LogP contribution in [0.4, 0.5) is 11.6 Å². The summed E-state index contributed by atoms with van der Waals surface area (Å²) in [7, 11) is 0. The number of nitrogens with one attached hydrogen (secondary N) is 1. The zero-order chi connectivity index (χ0) is 14.8. The number of nitrogens with zero attached hydrogens (tertiary/aromatic N) is 4. The molecule has 0 radical (unpaired) electrons. The number of fused-ring (bicyclic) bond motifs is 1. The van der Waals surface area contributed by atoms with Gasteiger partial charge in [-0.2, -0.15) is 0 Å². The molecule has 4 aromatic rings. The number of rotatable bonds is 3. The minimum Gasteiger partial charge on any atom is -0.325 e. The molecule has 22 heavy (non-hydrogen) atoms. The summed E-state index contributed by atoms with van der Waals surface area (Å²) < 4.78 is 2.00. The van der Waals surface area contributed by atoms with Gasteiger partial charge in [-0.15, -0.1) is 0 Å². The van der Waals surface area contributed by atoms with Crippen molar-refractivity contribution < 1.29 is 0 Å². The average Bonchev–Trinajstić information content (AvgIpc) is 3.04. The van der Waals surface area contributed by atoms with Gasteiger partial charge in [-0.3, -0.25) is 0 Å². The molecular weight excluding hydrogens is 274 g/mol. The monoisotopic (exact) mass is 287 g/mol. The fourth-order valence-corrected chi connectivity index (χ4v) is 2.34. The Bertz CT molecular complexity index is 914. The van der Waals surface area contributed by atoms with Crippen molar-refractivity contribution in [1.82, 2.24) is 19.4 Å². The number of aromatic nitrogens is 4. The standard InChI is InChI=1S/C17H13N5/c1-2-7-18-15(3-1)21-16-11-13(6-8-19-16)14-4-5-17-20-9-10-22(17)12-14/h1-12H,(H,18,19,21). The molecule has 0 unspecified atom stereocenters. The van der Waals surface area contributed by atoms with Crippen LogP contribution in [-0.2, 0) is 0 Å². The van der Waals surface area contributed by atoms with Gasteiger partial charge in [0.1, 0.15) is 17.3 Å². The second kappa shape index (κ2) is 5.29. The summed E-state index contributed by atoms with van der Waals surface area (Å²) in [6.07, 6.45) is 9.33. The van der Waals surface area contributed by atoms with Crippen molar-refractivity contribution in [3.63, 3.8) is 0 Å². The summed E-state index contributed by atoms with van der Waals surface area (Å²) in [6.45, 7) is 0. The quantitative estimate of drug-likeness (QED) is 0.626. The van der Waals surface area contributed by atoms with Crippen LogP contribution in [0.25, 0.3) is 16.8 Å². The molecule has 4 aromatic heterocycles. The zero-order valence-electron chi connectivity index (χ0n) is 11.7. The molecule has 0 amide bonds. The number of hydrogen-bond acceptors (Lipinski definition) is 4. The second-order valence-electron chi connectivity index (χ2n) is 4.88. The molecule has 106 valence electrons. The molecule has 5 nitrogen and oxygen atoms in total. The lowest BCUT2D eigenvalue weighted by atomic mass is 10.1. The van der Waals surface area contributed by atoms with E-state index in [2.05, 4.69) is 32.5 Å². The van der Waals surface area contributed by atoms with Gasteiger partial charge in [0.15, 0.2) is 0 Å². The summed E-state index contributed by atoms with van der Waals surface area (Å²) in [6, 6.07) is 13.8. The Morgan fingerprint density at radius 3 is 2.64 bits per heavy atom. The van der Waals surface area contributed by atoms with Gasteiger partial charge in [0.25, 0.3) is 0 Å². The number of pyridine rings is 3. The predicted octanol–water partition coefficient (Wildman–Crippen LogP) is 3.53. The first-order chi connectivity index (χ1) is 10.9. The van der Waals surface area contributed by atoms with Crippen molar-refractivity contribution in [2.45, 2.75) is 0 Å². The van der Waals surface area contributed by atoms with E-state index in [0.29, 0.717) is 0 Å². The molecule has 0 aromatic carbocycles. The number of hydrogen-bond donors (Lipinski definition) is 1. The molecule has 0 fully saturated rings. The molecule has 0 aliphatic rings. The van der Waals surface area contributed by atoms with E-state index in [1.165, 1.54) is 0 Å². The molecule has 1 N–H and O–H groups in total. The van der Waals surface area contributed by atoms with Crippen LogP contribution < -0.4 is 5.32 Å². The molecule has 5 heteroatoms. The van der Waals surface area contributed by atoms with Crippen molar-refractivity contribution >= 4 is 17.3 Å². The Kier molecular flexibility index (Phi) is 3.01. The highest BCUT2D eigenvalue weighted by Crippen LogP contribution is 2.22. The Balaban J connectivity index is 1.69. The van der Waals surface area contributed by atoms with E-state index >= 15 is 0 Å². The fraction of sp³-hybridized carbons (Fsp3) is 0. The maximum Gasteiger partial charge on any atom is 0.136 e. The van der Waals surface area contributed by atoms with E-state index in [-0.39, 0.29) is 0 Å². The van der Waals surface area contributed by atoms with Crippen molar-refractivity contribution in [3.8, 4) is 11.1 Å². The Labute approximate surface area is 127 Å². The van der Waals surface area contributed by atoms with Crippen LogP contribution in [0.1, 0.15) is 0 Å². The first-order valence-electron chi connectivity index (χ1n) is 6.96. The van der Waals surface area contributed by atoms with Crippen molar-refractivity contribution in [1.29, 1.82) is 0 Å². The van der Waals surface area contributed by atoms with Gasteiger partial charge in [0.2, 0.25) is 0 Å². The highest BCUT2D eigenvalue weighted by molar-refractivity contribution is 5.68. The summed E-state index contributed by atoms with van der Waals surface area (Å²) >= 11 is 0. The predicted molar refractivity (Wildman–Crippen MR) is 85.9 cm³/mol. The van der Waals surface area contributed by atoms with Crippen LogP contribution in [0.2, 0.25) is 0 Å². The Hall–Kier alpha value is -3.21. The summed E-state index contributed by atoms with van der Waals surface area (Å²) in [4.78, 5) is 12.8. The van der Waals surface area contributed by atoms with Crippen LogP contribution in [0, 0.1) is 0 Å². The van der Waals surface area contributed by atoms with Gasteiger partial charge in [-0.1, -0.05) is 6.07 Å². The van der Waals surface area contributed by atoms with Gasteiger partial charge >= 0.3 is 0 Å². The minimum absolute atomic E-state index is 0.766. The topological polar surface area (TPSA) is 55.1 Å². The van der Waals surface area contributed by atoms with E-state index in [9.17, 15) is 0 Å². The van der Waals surface area contributed by atoms with Crippen LogP contribution in [-0.4, -0.2) is 19.4 Å². The van der Waals surface area contributed by atoms with Crippen molar-refractivity contribution in [2.24, 2.45) is 0 Å². The van der Waals surface area contributed by atoms with E-state index < -0.39 is 0 Å². The molecule has 0 aliphatic carbocycles. The minimum atomic E-state index is 0.766. The Morgan fingerprint density at radius 2 is 1.73 bits per heavy atom. The zero-order valence-corrected chi connectivity index (χ0v) is 11.7. The Morgan fingerprint density at radius 1 is 0.773 bits per heavy atom. The van der Waals surface area contributed by atoms with Crippen LogP contribution >= 0.6 is 0 Å². The van der Waals surface area contributed by atoms with Gasteiger partial charge in [0, 0.05) is 31.0 Å². The molecular formula is C17H13N5. The molecule has 0 bridgehead atoms. The molecule has 0 saturated carbocycles. The third kappa shape index (κ3) is 2.40. The van der Waals surface area contributed by atoms with Gasteiger partial charge in [0.05, 0.1) is 0 Å². The lowest BCUT2D eigenvalue weighted by Gasteiger charge is -2.07. The van der Waals surface area contributed by atoms with Crippen molar-refractivity contribution in [2.75, 3.05) is 5.32 Å². The molecule has 4 rings (SSSR count). The van der Waals surface area contributed by atoms with E-state index in [4.69, 9.17) is 0 Å². The molecule has 0 spiro atoms. The average molecular weight is 287 g/mol. The summed E-state index contributed by atoms with van der Waals surface area (Å²) in [5, 5.41) is 3.20. The highest BCUT2D eigenvalue weighted by atomic mass is 15.0.